The second kappa shape index (κ2) is 5.10. The number of nitrogens with two attached hydrogens (primary N) is 1. The van der Waals surface area contributed by atoms with E-state index >= 15 is 0 Å². The molecule has 0 saturated heterocycles. The molecule has 0 unspecified atom stereocenters. The largest absolute Gasteiger partial charge is 0.397 e. The SMILES string of the molecule is Cc1ccc(C(=O)Nc2ccc(N)cn2)c(C)c1C. The number of nitrogens with zero attached hydrogens (tertiary/aromatic N) is 1. The minimum absolute atomic E-state index is 0.155. The molecule has 1 aromatic carbocycles. The summed E-state index contributed by atoms with van der Waals surface area (Å²) >= 11 is 0. The van der Waals surface area contributed by atoms with Crippen LogP contribution in [0.2, 0.25) is 0 Å². The summed E-state index contributed by atoms with van der Waals surface area (Å²) in [7, 11) is 0. The van der Waals surface area contributed by atoms with Gasteiger partial charge < -0.3 is 11.1 Å². The van der Waals surface area contributed by atoms with E-state index in [1.807, 2.05) is 32.9 Å². The van der Waals surface area contributed by atoms with Gasteiger partial charge in [-0.05, 0) is 55.7 Å². The summed E-state index contributed by atoms with van der Waals surface area (Å²) in [5.74, 6) is 0.342. The van der Waals surface area contributed by atoms with Gasteiger partial charge in [0.25, 0.3) is 5.91 Å². The number of aromatic nitrogens is 1. The van der Waals surface area contributed by atoms with Gasteiger partial charge in [0.2, 0.25) is 0 Å². The first-order chi connectivity index (χ1) is 8.99. The maximum atomic E-state index is 12.2. The van der Waals surface area contributed by atoms with E-state index in [-0.39, 0.29) is 5.91 Å². The predicted octanol–water partition coefficient (Wildman–Crippen LogP) is 2.84. The Morgan fingerprint density at radius 3 is 2.47 bits per heavy atom. The smallest absolute Gasteiger partial charge is 0.257 e. The minimum atomic E-state index is -0.155. The van der Waals surface area contributed by atoms with Gasteiger partial charge in [0.1, 0.15) is 5.82 Å². The first-order valence-corrected chi connectivity index (χ1v) is 6.08. The third kappa shape index (κ3) is 2.73. The van der Waals surface area contributed by atoms with Crippen molar-refractivity contribution < 1.29 is 4.79 Å². The van der Waals surface area contributed by atoms with Crippen LogP contribution in [0.4, 0.5) is 11.5 Å². The van der Waals surface area contributed by atoms with Gasteiger partial charge in [-0.2, -0.15) is 0 Å². The van der Waals surface area contributed by atoms with Crippen LogP contribution >= 0.6 is 0 Å². The third-order valence-electron chi connectivity index (χ3n) is 3.33. The highest BCUT2D eigenvalue weighted by Gasteiger charge is 2.12. The number of nitrogen functional groups attached to an aromatic ring is 1. The Kier molecular flexibility index (Phi) is 3.51. The van der Waals surface area contributed by atoms with Crippen molar-refractivity contribution in [1.82, 2.24) is 4.98 Å². The molecular formula is C15H17N3O. The zero-order chi connectivity index (χ0) is 14.0. The van der Waals surface area contributed by atoms with Crippen molar-refractivity contribution in [1.29, 1.82) is 0 Å². The third-order valence-corrected chi connectivity index (χ3v) is 3.33. The van der Waals surface area contributed by atoms with Crippen molar-refractivity contribution in [3.63, 3.8) is 0 Å². The van der Waals surface area contributed by atoms with E-state index in [0.29, 0.717) is 17.1 Å². The average molecular weight is 255 g/mol. The molecule has 0 spiro atoms. The normalized spacial score (nSPS) is 10.3. The number of benzene rings is 1. The van der Waals surface area contributed by atoms with Crippen LogP contribution < -0.4 is 11.1 Å². The van der Waals surface area contributed by atoms with Crippen molar-refractivity contribution in [2.24, 2.45) is 0 Å². The number of anilines is 2. The molecule has 3 N–H and O–H groups in total. The van der Waals surface area contributed by atoms with Gasteiger partial charge in [-0.25, -0.2) is 4.98 Å². The van der Waals surface area contributed by atoms with Crippen LogP contribution in [0.1, 0.15) is 27.0 Å². The van der Waals surface area contributed by atoms with Crippen LogP contribution in [0.15, 0.2) is 30.5 Å². The highest BCUT2D eigenvalue weighted by Crippen LogP contribution is 2.18. The Labute approximate surface area is 112 Å². The molecule has 1 amide bonds. The molecule has 0 aliphatic carbocycles. The summed E-state index contributed by atoms with van der Waals surface area (Å²) in [5.41, 5.74) is 10.1. The lowest BCUT2D eigenvalue weighted by atomic mass is 9.98. The zero-order valence-corrected chi connectivity index (χ0v) is 11.3. The van der Waals surface area contributed by atoms with Crippen LogP contribution in [0.5, 0.6) is 0 Å². The summed E-state index contributed by atoms with van der Waals surface area (Å²) in [6.07, 6.45) is 1.52. The first kappa shape index (κ1) is 13.1. The average Bonchev–Trinajstić information content (AvgIpc) is 2.39. The number of hydrogen-bond acceptors (Lipinski definition) is 3. The molecular weight excluding hydrogens is 238 g/mol. The fraction of sp³-hybridized carbons (Fsp3) is 0.200. The van der Waals surface area contributed by atoms with E-state index in [1.54, 1.807) is 12.1 Å². The van der Waals surface area contributed by atoms with Gasteiger partial charge in [0, 0.05) is 5.56 Å². The Morgan fingerprint density at radius 1 is 1.11 bits per heavy atom. The number of nitrogens with one attached hydrogen (secondary N) is 1. The molecule has 0 saturated carbocycles. The van der Waals surface area contributed by atoms with Crippen LogP contribution in [0, 0.1) is 20.8 Å². The topological polar surface area (TPSA) is 68.0 Å². The van der Waals surface area contributed by atoms with E-state index in [1.165, 1.54) is 11.8 Å². The lowest BCUT2D eigenvalue weighted by Gasteiger charge is -2.11. The Balaban J connectivity index is 2.25. The van der Waals surface area contributed by atoms with E-state index in [4.69, 9.17) is 5.73 Å². The molecule has 1 aromatic heterocycles. The molecule has 4 nitrogen and oxygen atoms in total. The molecule has 0 aliphatic rings. The molecule has 4 heteroatoms. The van der Waals surface area contributed by atoms with E-state index in [9.17, 15) is 4.79 Å². The second-order valence-electron chi connectivity index (χ2n) is 4.61. The maximum absolute atomic E-state index is 12.2. The van der Waals surface area contributed by atoms with Gasteiger partial charge in [-0.3, -0.25) is 4.79 Å². The van der Waals surface area contributed by atoms with E-state index in [2.05, 4.69) is 10.3 Å². The van der Waals surface area contributed by atoms with Gasteiger partial charge in [-0.15, -0.1) is 0 Å². The molecule has 0 atom stereocenters. The first-order valence-electron chi connectivity index (χ1n) is 6.08. The molecule has 0 radical (unpaired) electrons. The highest BCUT2D eigenvalue weighted by atomic mass is 16.1. The number of carbonyl (C=O) groups excluding carboxylic acids is 1. The fourth-order valence-electron chi connectivity index (χ4n) is 1.86. The molecule has 0 fully saturated rings. The number of pyridine rings is 1. The highest BCUT2D eigenvalue weighted by molar-refractivity contribution is 6.05. The zero-order valence-electron chi connectivity index (χ0n) is 11.3. The number of aryl methyl sites for hydroxylation is 1. The minimum Gasteiger partial charge on any atom is -0.397 e. The van der Waals surface area contributed by atoms with Gasteiger partial charge >= 0.3 is 0 Å². The number of rotatable bonds is 2. The molecule has 98 valence electrons. The second-order valence-corrected chi connectivity index (χ2v) is 4.61. The van der Waals surface area contributed by atoms with Gasteiger partial charge in [0.15, 0.2) is 0 Å². The number of carbonyl (C=O) groups is 1. The standard InChI is InChI=1S/C15H17N3O/c1-9-4-6-13(11(3)10(9)2)15(19)18-14-7-5-12(16)8-17-14/h4-8H,16H2,1-3H3,(H,17,18,19). The monoisotopic (exact) mass is 255 g/mol. The van der Waals surface area contributed by atoms with Crippen molar-refractivity contribution in [2.45, 2.75) is 20.8 Å². The van der Waals surface area contributed by atoms with Gasteiger partial charge in [-0.1, -0.05) is 6.07 Å². The Morgan fingerprint density at radius 2 is 1.84 bits per heavy atom. The Bertz CT molecular complexity index is 618. The van der Waals surface area contributed by atoms with Crippen molar-refractivity contribution in [2.75, 3.05) is 11.1 Å². The summed E-state index contributed by atoms with van der Waals surface area (Å²) in [6, 6.07) is 7.18. The molecule has 2 rings (SSSR count). The summed E-state index contributed by atoms with van der Waals surface area (Å²) in [4.78, 5) is 16.3. The summed E-state index contributed by atoms with van der Waals surface area (Å²) in [5, 5.41) is 2.77. The summed E-state index contributed by atoms with van der Waals surface area (Å²) < 4.78 is 0. The quantitative estimate of drug-likeness (QED) is 0.867. The van der Waals surface area contributed by atoms with Crippen molar-refractivity contribution >= 4 is 17.4 Å². The molecule has 2 aromatic rings. The molecule has 0 aliphatic heterocycles. The molecule has 0 bridgehead atoms. The molecule has 1 heterocycles. The van der Waals surface area contributed by atoms with Crippen molar-refractivity contribution in [3.05, 3.63) is 52.7 Å². The van der Waals surface area contributed by atoms with Crippen LogP contribution in [0.25, 0.3) is 0 Å². The lowest BCUT2D eigenvalue weighted by Crippen LogP contribution is -2.15. The maximum Gasteiger partial charge on any atom is 0.257 e. The predicted molar refractivity (Wildman–Crippen MR) is 77.3 cm³/mol. The Hall–Kier alpha value is -2.36. The van der Waals surface area contributed by atoms with Crippen LogP contribution in [0.3, 0.4) is 0 Å². The van der Waals surface area contributed by atoms with Gasteiger partial charge in [0.05, 0.1) is 11.9 Å². The van der Waals surface area contributed by atoms with E-state index < -0.39 is 0 Å². The van der Waals surface area contributed by atoms with Crippen molar-refractivity contribution in [3.8, 4) is 0 Å². The van der Waals surface area contributed by atoms with Crippen LogP contribution in [-0.4, -0.2) is 10.9 Å². The van der Waals surface area contributed by atoms with E-state index in [0.717, 1.165) is 11.1 Å². The van der Waals surface area contributed by atoms with Crippen LogP contribution in [-0.2, 0) is 0 Å². The summed E-state index contributed by atoms with van der Waals surface area (Å²) in [6.45, 7) is 6.00. The fourth-order valence-corrected chi connectivity index (χ4v) is 1.86. The lowest BCUT2D eigenvalue weighted by molar-refractivity contribution is 0.102. The number of amides is 1. The number of hydrogen-bond donors (Lipinski definition) is 2. The molecule has 19 heavy (non-hydrogen) atoms.